The molecule has 1 N–H and O–H groups in total. The Kier molecular flexibility index (Phi) is 4.97. The van der Waals surface area contributed by atoms with Gasteiger partial charge in [0.25, 0.3) is 5.91 Å². The van der Waals surface area contributed by atoms with Gasteiger partial charge < -0.3 is 14.3 Å². The smallest absolute Gasteiger partial charge is 0.255 e. The lowest BCUT2D eigenvalue weighted by Gasteiger charge is -2.09. The van der Waals surface area contributed by atoms with Gasteiger partial charge in [0.2, 0.25) is 5.89 Å². The molecular formula is C19H21N3O3. The van der Waals surface area contributed by atoms with E-state index >= 15 is 0 Å². The van der Waals surface area contributed by atoms with Gasteiger partial charge in [-0.05, 0) is 26.3 Å². The summed E-state index contributed by atoms with van der Waals surface area (Å²) in [5.41, 5.74) is 1.35. The molecule has 0 aliphatic heterocycles. The number of carbonyl (C=O) groups excluding carboxylic acids is 1. The third kappa shape index (κ3) is 3.79. The maximum Gasteiger partial charge on any atom is 0.255 e. The summed E-state index contributed by atoms with van der Waals surface area (Å²) in [7, 11) is 0. The maximum atomic E-state index is 12.7. The second-order valence-corrected chi connectivity index (χ2v) is 5.96. The van der Waals surface area contributed by atoms with Crippen LogP contribution in [-0.4, -0.2) is 16.0 Å². The number of nitrogens with one attached hydrogen (secondary N) is 1. The minimum absolute atomic E-state index is 0.238. The molecule has 0 bridgehead atoms. The van der Waals surface area contributed by atoms with Crippen LogP contribution in [0.5, 0.6) is 0 Å². The molecule has 2 aromatic heterocycles. The minimum Gasteiger partial charge on any atom is -0.461 e. The molecule has 0 aliphatic carbocycles. The molecule has 0 spiro atoms. The normalized spacial score (nSPS) is 12.1. The number of benzene rings is 1. The molecule has 130 valence electrons. The highest BCUT2D eigenvalue weighted by Gasteiger charge is 2.22. The molecular weight excluding hydrogens is 318 g/mol. The second-order valence-electron chi connectivity index (χ2n) is 5.96. The Hall–Kier alpha value is -2.89. The van der Waals surface area contributed by atoms with E-state index < -0.39 is 0 Å². The van der Waals surface area contributed by atoms with Gasteiger partial charge in [-0.1, -0.05) is 42.4 Å². The van der Waals surface area contributed by atoms with Crippen molar-refractivity contribution < 1.29 is 13.7 Å². The Bertz CT molecular complexity index is 852. The molecule has 0 fully saturated rings. The first-order chi connectivity index (χ1) is 12.1. The summed E-state index contributed by atoms with van der Waals surface area (Å²) in [5, 5.41) is 6.82. The number of furan rings is 1. The molecule has 1 amide bonds. The predicted octanol–water partition coefficient (Wildman–Crippen LogP) is 4.08. The molecule has 1 aromatic carbocycles. The van der Waals surface area contributed by atoms with Crippen LogP contribution in [0.3, 0.4) is 0 Å². The molecule has 6 heteroatoms. The average molecular weight is 339 g/mol. The Morgan fingerprint density at radius 2 is 2.04 bits per heavy atom. The summed E-state index contributed by atoms with van der Waals surface area (Å²) in [4.78, 5) is 17.0. The molecule has 3 aromatic rings. The molecule has 0 aliphatic rings. The lowest BCUT2D eigenvalue weighted by atomic mass is 10.1. The van der Waals surface area contributed by atoms with E-state index in [0.717, 1.165) is 18.4 Å². The number of aromatic nitrogens is 2. The Morgan fingerprint density at radius 1 is 1.28 bits per heavy atom. The molecule has 25 heavy (non-hydrogen) atoms. The van der Waals surface area contributed by atoms with E-state index in [2.05, 4.69) is 15.5 Å². The molecule has 0 unspecified atom stereocenters. The summed E-state index contributed by atoms with van der Waals surface area (Å²) in [5.74, 6) is 2.05. The summed E-state index contributed by atoms with van der Waals surface area (Å²) in [6.07, 6.45) is 1.69. The minimum atomic E-state index is -0.385. The number of amides is 1. The molecule has 0 radical (unpaired) electrons. The van der Waals surface area contributed by atoms with Crippen molar-refractivity contribution in [1.29, 1.82) is 0 Å². The van der Waals surface area contributed by atoms with Crippen LogP contribution in [0.1, 0.15) is 54.1 Å². The number of nitrogens with zero attached hydrogens (tertiary/aromatic N) is 2. The summed E-state index contributed by atoms with van der Waals surface area (Å²) in [6, 6.07) is 10.9. The Labute approximate surface area is 146 Å². The van der Waals surface area contributed by atoms with E-state index in [1.54, 1.807) is 6.07 Å². The lowest BCUT2D eigenvalue weighted by molar-refractivity contribution is 0.0932. The molecule has 2 heterocycles. The van der Waals surface area contributed by atoms with Crippen molar-refractivity contribution >= 4 is 5.91 Å². The van der Waals surface area contributed by atoms with Crippen molar-refractivity contribution in [3.8, 4) is 11.3 Å². The van der Waals surface area contributed by atoms with Crippen molar-refractivity contribution in [3.63, 3.8) is 0 Å². The van der Waals surface area contributed by atoms with E-state index in [-0.39, 0.29) is 11.9 Å². The van der Waals surface area contributed by atoms with Gasteiger partial charge in [-0.3, -0.25) is 4.79 Å². The van der Waals surface area contributed by atoms with Crippen LogP contribution in [-0.2, 0) is 6.42 Å². The van der Waals surface area contributed by atoms with Crippen LogP contribution in [0.4, 0.5) is 0 Å². The SMILES string of the molecule is CCCc1noc([C@@H](C)NC(=O)c2cc(C)oc2-c2ccccc2)n1. The highest BCUT2D eigenvalue weighted by atomic mass is 16.5. The fourth-order valence-electron chi connectivity index (χ4n) is 2.59. The highest BCUT2D eigenvalue weighted by Crippen LogP contribution is 2.27. The van der Waals surface area contributed by atoms with Gasteiger partial charge in [-0.2, -0.15) is 4.98 Å². The summed E-state index contributed by atoms with van der Waals surface area (Å²) in [6.45, 7) is 5.69. The molecule has 3 rings (SSSR count). The van der Waals surface area contributed by atoms with E-state index in [4.69, 9.17) is 8.94 Å². The van der Waals surface area contributed by atoms with Gasteiger partial charge in [0.15, 0.2) is 5.82 Å². The lowest BCUT2D eigenvalue weighted by Crippen LogP contribution is -2.27. The zero-order chi connectivity index (χ0) is 17.8. The maximum absolute atomic E-state index is 12.7. The molecule has 1 atom stereocenters. The first-order valence-corrected chi connectivity index (χ1v) is 8.37. The van der Waals surface area contributed by atoms with E-state index in [9.17, 15) is 4.79 Å². The quantitative estimate of drug-likeness (QED) is 0.732. The third-order valence-corrected chi connectivity index (χ3v) is 3.81. The zero-order valence-electron chi connectivity index (χ0n) is 14.6. The second kappa shape index (κ2) is 7.34. The van der Waals surface area contributed by atoms with E-state index in [1.807, 2.05) is 51.1 Å². The van der Waals surface area contributed by atoms with Crippen LogP contribution >= 0.6 is 0 Å². The molecule has 0 saturated carbocycles. The van der Waals surface area contributed by atoms with Gasteiger partial charge in [0, 0.05) is 12.0 Å². The monoisotopic (exact) mass is 339 g/mol. The number of aryl methyl sites for hydroxylation is 2. The topological polar surface area (TPSA) is 81.2 Å². The average Bonchev–Trinajstić information content (AvgIpc) is 3.23. The predicted molar refractivity (Wildman–Crippen MR) is 93.1 cm³/mol. The van der Waals surface area contributed by atoms with Gasteiger partial charge in [0.05, 0.1) is 5.56 Å². The van der Waals surface area contributed by atoms with Crippen molar-refractivity contribution in [2.45, 2.75) is 39.7 Å². The fraction of sp³-hybridized carbons (Fsp3) is 0.316. The number of rotatable bonds is 6. The molecule has 6 nitrogen and oxygen atoms in total. The van der Waals surface area contributed by atoms with Crippen molar-refractivity contribution in [1.82, 2.24) is 15.5 Å². The highest BCUT2D eigenvalue weighted by molar-refractivity contribution is 6.00. The summed E-state index contributed by atoms with van der Waals surface area (Å²) < 4.78 is 11.0. The van der Waals surface area contributed by atoms with E-state index in [0.29, 0.717) is 28.8 Å². The number of hydrogen-bond donors (Lipinski definition) is 1. The van der Waals surface area contributed by atoms with Crippen LogP contribution in [0.2, 0.25) is 0 Å². The van der Waals surface area contributed by atoms with Gasteiger partial charge >= 0.3 is 0 Å². The largest absolute Gasteiger partial charge is 0.461 e. The first kappa shape index (κ1) is 17.0. The van der Waals surface area contributed by atoms with Crippen LogP contribution in [0, 0.1) is 6.92 Å². The zero-order valence-corrected chi connectivity index (χ0v) is 14.6. The number of hydrogen-bond acceptors (Lipinski definition) is 5. The standard InChI is InChI=1S/C19H21N3O3/c1-4-8-16-21-19(25-22-16)13(3)20-18(23)15-11-12(2)24-17(15)14-9-6-5-7-10-14/h5-7,9-11,13H,4,8H2,1-3H3,(H,20,23)/t13-/m1/s1. The van der Waals surface area contributed by atoms with Crippen molar-refractivity contribution in [2.75, 3.05) is 0 Å². The third-order valence-electron chi connectivity index (χ3n) is 3.81. The number of carbonyl (C=O) groups is 1. The summed E-state index contributed by atoms with van der Waals surface area (Å²) >= 11 is 0. The van der Waals surface area contributed by atoms with Crippen molar-refractivity contribution in [2.24, 2.45) is 0 Å². The van der Waals surface area contributed by atoms with Gasteiger partial charge in [-0.15, -0.1) is 0 Å². The van der Waals surface area contributed by atoms with E-state index in [1.165, 1.54) is 0 Å². The van der Waals surface area contributed by atoms with Crippen LogP contribution in [0.15, 0.2) is 45.3 Å². The van der Waals surface area contributed by atoms with Gasteiger partial charge in [-0.25, -0.2) is 0 Å². The first-order valence-electron chi connectivity index (χ1n) is 8.37. The van der Waals surface area contributed by atoms with Crippen molar-refractivity contribution in [3.05, 3.63) is 59.4 Å². The Balaban J connectivity index is 1.79. The Morgan fingerprint density at radius 3 is 2.76 bits per heavy atom. The van der Waals surface area contributed by atoms with Crippen LogP contribution < -0.4 is 5.32 Å². The van der Waals surface area contributed by atoms with Gasteiger partial charge in [0.1, 0.15) is 17.6 Å². The van der Waals surface area contributed by atoms with Crippen LogP contribution in [0.25, 0.3) is 11.3 Å². The fourth-order valence-corrected chi connectivity index (χ4v) is 2.59. The molecule has 0 saturated heterocycles.